The molecule has 0 amide bonds. The van der Waals surface area contributed by atoms with Gasteiger partial charge in [-0.05, 0) is 31.6 Å². The molecular formula is C9H15NO2. The second-order valence-electron chi connectivity index (χ2n) is 4.04. The Bertz CT molecular complexity index is 209. The quantitative estimate of drug-likeness (QED) is 0.618. The molecule has 1 atom stereocenters. The molecule has 2 rings (SSSR count). The van der Waals surface area contributed by atoms with Crippen LogP contribution in [0.1, 0.15) is 26.2 Å². The maximum atomic E-state index is 11.3. The van der Waals surface area contributed by atoms with Crippen molar-refractivity contribution < 1.29 is 9.53 Å². The molecule has 0 aliphatic heterocycles. The van der Waals surface area contributed by atoms with Gasteiger partial charge in [-0.15, -0.1) is 0 Å². The smallest absolute Gasteiger partial charge is 0.309 e. The number of rotatable bonds is 2. The summed E-state index contributed by atoms with van der Waals surface area (Å²) >= 11 is 0. The zero-order chi connectivity index (χ0) is 8.77. The van der Waals surface area contributed by atoms with E-state index in [4.69, 9.17) is 10.5 Å². The number of carbonyl (C=O) groups is 1. The largest absolute Gasteiger partial charge is 0.466 e. The van der Waals surface area contributed by atoms with E-state index in [0.717, 1.165) is 19.3 Å². The van der Waals surface area contributed by atoms with Gasteiger partial charge in [0.05, 0.1) is 12.5 Å². The Morgan fingerprint density at radius 2 is 2.25 bits per heavy atom. The SMILES string of the molecule is CCOC(=O)[C@@H]1CC12CC(N)C2. The van der Waals surface area contributed by atoms with Crippen molar-refractivity contribution in [1.29, 1.82) is 0 Å². The van der Waals surface area contributed by atoms with Crippen molar-refractivity contribution in [2.24, 2.45) is 17.1 Å². The highest BCUT2D eigenvalue weighted by molar-refractivity contribution is 5.77. The van der Waals surface area contributed by atoms with Gasteiger partial charge in [0.25, 0.3) is 0 Å². The summed E-state index contributed by atoms with van der Waals surface area (Å²) in [6.07, 6.45) is 3.06. The summed E-state index contributed by atoms with van der Waals surface area (Å²) in [5, 5.41) is 0. The number of nitrogens with two attached hydrogens (primary N) is 1. The first-order valence-electron chi connectivity index (χ1n) is 4.60. The summed E-state index contributed by atoms with van der Waals surface area (Å²) in [7, 11) is 0. The number of hydrogen-bond acceptors (Lipinski definition) is 3. The summed E-state index contributed by atoms with van der Waals surface area (Å²) in [5.74, 6) is 0.168. The zero-order valence-electron chi connectivity index (χ0n) is 7.38. The number of hydrogen-bond donors (Lipinski definition) is 1. The van der Waals surface area contributed by atoms with E-state index in [2.05, 4.69) is 0 Å². The average Bonchev–Trinajstić information content (AvgIpc) is 2.63. The predicted octanol–water partition coefficient (Wildman–Crippen LogP) is 0.677. The lowest BCUT2D eigenvalue weighted by atomic mass is 9.76. The molecule has 0 heterocycles. The molecule has 68 valence electrons. The van der Waals surface area contributed by atoms with Crippen LogP contribution in [0.3, 0.4) is 0 Å². The molecule has 2 fully saturated rings. The van der Waals surface area contributed by atoms with Crippen molar-refractivity contribution in [1.82, 2.24) is 0 Å². The van der Waals surface area contributed by atoms with Crippen molar-refractivity contribution in [3.8, 4) is 0 Å². The van der Waals surface area contributed by atoms with Crippen LogP contribution >= 0.6 is 0 Å². The number of esters is 1. The van der Waals surface area contributed by atoms with Gasteiger partial charge in [0, 0.05) is 6.04 Å². The molecule has 0 bridgehead atoms. The lowest BCUT2D eigenvalue weighted by Gasteiger charge is -2.33. The minimum atomic E-state index is -0.00981. The molecule has 2 aliphatic rings. The molecule has 2 aliphatic carbocycles. The number of carbonyl (C=O) groups excluding carboxylic acids is 1. The first-order chi connectivity index (χ1) is 5.68. The van der Waals surface area contributed by atoms with Gasteiger partial charge in [-0.25, -0.2) is 0 Å². The molecule has 0 radical (unpaired) electrons. The minimum absolute atomic E-state index is 0.00981. The van der Waals surface area contributed by atoms with Crippen LogP contribution in [-0.2, 0) is 9.53 Å². The van der Waals surface area contributed by atoms with E-state index < -0.39 is 0 Å². The lowest BCUT2D eigenvalue weighted by molar-refractivity contribution is -0.146. The third-order valence-corrected chi connectivity index (χ3v) is 3.10. The van der Waals surface area contributed by atoms with Crippen LogP contribution in [0.2, 0.25) is 0 Å². The molecule has 2 saturated carbocycles. The fraction of sp³-hybridized carbons (Fsp3) is 0.889. The van der Waals surface area contributed by atoms with Crippen LogP contribution < -0.4 is 5.73 Å². The zero-order valence-corrected chi connectivity index (χ0v) is 7.38. The Morgan fingerprint density at radius 3 is 2.75 bits per heavy atom. The maximum Gasteiger partial charge on any atom is 0.309 e. The van der Waals surface area contributed by atoms with Crippen molar-refractivity contribution in [3.63, 3.8) is 0 Å². The minimum Gasteiger partial charge on any atom is -0.466 e. The third kappa shape index (κ3) is 1.04. The molecule has 0 saturated heterocycles. The van der Waals surface area contributed by atoms with Crippen LogP contribution in [0.4, 0.5) is 0 Å². The third-order valence-electron chi connectivity index (χ3n) is 3.10. The second kappa shape index (κ2) is 2.46. The Hall–Kier alpha value is -0.570. The van der Waals surface area contributed by atoms with Crippen molar-refractivity contribution in [2.75, 3.05) is 6.61 Å². The van der Waals surface area contributed by atoms with Crippen molar-refractivity contribution in [2.45, 2.75) is 32.2 Å². The van der Waals surface area contributed by atoms with Crippen LogP contribution in [0.25, 0.3) is 0 Å². The summed E-state index contributed by atoms with van der Waals surface area (Å²) < 4.78 is 4.95. The highest BCUT2D eigenvalue weighted by Gasteiger charge is 2.64. The summed E-state index contributed by atoms with van der Waals surface area (Å²) in [5.41, 5.74) is 5.96. The van der Waals surface area contributed by atoms with Gasteiger partial charge >= 0.3 is 5.97 Å². The van der Waals surface area contributed by atoms with E-state index in [1.807, 2.05) is 6.92 Å². The van der Waals surface area contributed by atoms with Crippen LogP contribution in [0, 0.1) is 11.3 Å². The maximum absolute atomic E-state index is 11.3. The van der Waals surface area contributed by atoms with Crippen LogP contribution in [0.15, 0.2) is 0 Å². The first-order valence-corrected chi connectivity index (χ1v) is 4.60. The normalized spacial score (nSPS) is 43.8. The topological polar surface area (TPSA) is 52.3 Å². The molecule has 1 spiro atoms. The van der Waals surface area contributed by atoms with Gasteiger partial charge in [0.15, 0.2) is 0 Å². The molecule has 0 unspecified atom stereocenters. The van der Waals surface area contributed by atoms with Crippen molar-refractivity contribution >= 4 is 5.97 Å². The molecule has 0 aromatic carbocycles. The second-order valence-corrected chi connectivity index (χ2v) is 4.04. The fourth-order valence-corrected chi connectivity index (χ4v) is 2.36. The summed E-state index contributed by atoms with van der Waals surface area (Å²) in [6.45, 7) is 2.34. The summed E-state index contributed by atoms with van der Waals surface area (Å²) in [6, 6.07) is 0.337. The first kappa shape index (κ1) is 8.05. The average molecular weight is 169 g/mol. The van der Waals surface area contributed by atoms with E-state index in [-0.39, 0.29) is 17.3 Å². The molecule has 3 heteroatoms. The van der Waals surface area contributed by atoms with Gasteiger partial charge < -0.3 is 10.5 Å². The lowest BCUT2D eigenvalue weighted by Crippen LogP contribution is -2.39. The van der Waals surface area contributed by atoms with Gasteiger partial charge in [0.1, 0.15) is 0 Å². The fourth-order valence-electron chi connectivity index (χ4n) is 2.36. The Balaban J connectivity index is 1.84. The monoisotopic (exact) mass is 169 g/mol. The van der Waals surface area contributed by atoms with E-state index in [0.29, 0.717) is 12.6 Å². The van der Waals surface area contributed by atoms with Gasteiger partial charge in [-0.2, -0.15) is 0 Å². The van der Waals surface area contributed by atoms with Crippen molar-refractivity contribution in [3.05, 3.63) is 0 Å². The predicted molar refractivity (Wildman–Crippen MR) is 44.4 cm³/mol. The van der Waals surface area contributed by atoms with E-state index in [1.165, 1.54) is 0 Å². The molecule has 12 heavy (non-hydrogen) atoms. The van der Waals surface area contributed by atoms with Crippen LogP contribution in [-0.4, -0.2) is 18.6 Å². The Labute approximate surface area is 72.3 Å². The van der Waals surface area contributed by atoms with E-state index >= 15 is 0 Å². The molecule has 3 nitrogen and oxygen atoms in total. The highest BCUT2D eigenvalue weighted by Crippen LogP contribution is 2.65. The summed E-state index contributed by atoms with van der Waals surface area (Å²) in [4.78, 5) is 11.3. The molecule has 0 aromatic rings. The molecular weight excluding hydrogens is 154 g/mol. The standard InChI is InChI=1S/C9H15NO2/c1-2-12-8(11)7-5-9(7)3-6(10)4-9/h6-7H,2-5,10H2,1H3/t6?,7-,9?/m0/s1. The van der Waals surface area contributed by atoms with E-state index in [9.17, 15) is 4.79 Å². The number of ether oxygens (including phenoxy) is 1. The molecule has 2 N–H and O–H groups in total. The Kier molecular flexibility index (Phi) is 1.65. The molecule has 0 aromatic heterocycles. The highest BCUT2D eigenvalue weighted by atomic mass is 16.5. The van der Waals surface area contributed by atoms with Gasteiger partial charge in [-0.1, -0.05) is 0 Å². The van der Waals surface area contributed by atoms with Crippen LogP contribution in [0.5, 0.6) is 0 Å². The van der Waals surface area contributed by atoms with E-state index in [1.54, 1.807) is 0 Å². The van der Waals surface area contributed by atoms with Gasteiger partial charge in [0.2, 0.25) is 0 Å². The van der Waals surface area contributed by atoms with Gasteiger partial charge in [-0.3, -0.25) is 4.79 Å². The Morgan fingerprint density at radius 1 is 1.58 bits per heavy atom.